The van der Waals surface area contributed by atoms with Crippen molar-refractivity contribution >= 4 is 11.9 Å². The van der Waals surface area contributed by atoms with E-state index in [4.69, 9.17) is 4.74 Å². The standard InChI is InChI=1S/C12H24N2O3/c1-7-17-9(15)8-13-12(5,6)10(16)14-11(2,3)4/h13H,7-8H2,1-6H3,(H,14,16). The molecule has 0 rings (SSSR count). The maximum absolute atomic E-state index is 11.9. The van der Waals surface area contributed by atoms with Gasteiger partial charge in [0.15, 0.2) is 0 Å². The van der Waals surface area contributed by atoms with Crippen LogP contribution in [-0.4, -0.2) is 36.1 Å². The van der Waals surface area contributed by atoms with Gasteiger partial charge in [-0.1, -0.05) is 0 Å². The minimum Gasteiger partial charge on any atom is -0.465 e. The first-order valence-electron chi connectivity index (χ1n) is 5.82. The molecule has 0 aliphatic carbocycles. The van der Waals surface area contributed by atoms with E-state index in [0.29, 0.717) is 6.61 Å². The van der Waals surface area contributed by atoms with Gasteiger partial charge in [0.05, 0.1) is 18.7 Å². The number of hydrogen-bond acceptors (Lipinski definition) is 4. The number of nitrogens with one attached hydrogen (secondary N) is 2. The maximum atomic E-state index is 11.9. The van der Waals surface area contributed by atoms with Gasteiger partial charge in [0.25, 0.3) is 0 Å². The van der Waals surface area contributed by atoms with Crippen molar-refractivity contribution in [1.82, 2.24) is 10.6 Å². The lowest BCUT2D eigenvalue weighted by Crippen LogP contribution is -2.57. The van der Waals surface area contributed by atoms with Gasteiger partial charge in [0.2, 0.25) is 5.91 Å². The van der Waals surface area contributed by atoms with Gasteiger partial charge >= 0.3 is 5.97 Å². The zero-order valence-corrected chi connectivity index (χ0v) is 11.6. The van der Waals surface area contributed by atoms with Gasteiger partial charge < -0.3 is 10.1 Å². The van der Waals surface area contributed by atoms with E-state index < -0.39 is 5.54 Å². The molecule has 0 bridgehead atoms. The van der Waals surface area contributed by atoms with Crippen LogP contribution in [0.5, 0.6) is 0 Å². The van der Waals surface area contributed by atoms with Crippen molar-refractivity contribution in [3.63, 3.8) is 0 Å². The number of hydrogen-bond donors (Lipinski definition) is 2. The summed E-state index contributed by atoms with van der Waals surface area (Å²) in [4.78, 5) is 23.1. The van der Waals surface area contributed by atoms with Gasteiger partial charge in [-0.05, 0) is 41.5 Å². The predicted molar refractivity (Wildman–Crippen MR) is 66.6 cm³/mol. The second-order valence-electron chi connectivity index (χ2n) is 5.49. The summed E-state index contributed by atoms with van der Waals surface area (Å²) in [5.41, 5.74) is -1.10. The Morgan fingerprint density at radius 2 is 1.65 bits per heavy atom. The molecule has 0 radical (unpaired) electrons. The molecule has 0 aliphatic rings. The Morgan fingerprint density at radius 3 is 2.06 bits per heavy atom. The number of rotatable bonds is 5. The number of ether oxygens (including phenoxy) is 1. The highest BCUT2D eigenvalue weighted by molar-refractivity contribution is 5.86. The first-order chi connectivity index (χ1) is 7.58. The average Bonchev–Trinajstić information content (AvgIpc) is 2.12. The van der Waals surface area contributed by atoms with E-state index in [9.17, 15) is 9.59 Å². The SMILES string of the molecule is CCOC(=O)CNC(C)(C)C(=O)NC(C)(C)C. The smallest absolute Gasteiger partial charge is 0.319 e. The fourth-order valence-electron chi connectivity index (χ4n) is 1.08. The van der Waals surface area contributed by atoms with Crippen molar-refractivity contribution in [2.45, 2.75) is 52.6 Å². The Hall–Kier alpha value is -1.10. The lowest BCUT2D eigenvalue weighted by molar-refractivity contribution is -0.142. The van der Waals surface area contributed by atoms with Gasteiger partial charge in [0, 0.05) is 5.54 Å². The Labute approximate surface area is 103 Å². The topological polar surface area (TPSA) is 67.4 Å². The minimum atomic E-state index is -0.806. The van der Waals surface area contributed by atoms with E-state index in [0.717, 1.165) is 0 Å². The molecule has 100 valence electrons. The normalized spacial score (nSPS) is 12.1. The molecule has 0 fully saturated rings. The molecule has 5 nitrogen and oxygen atoms in total. The number of esters is 1. The molecule has 0 aliphatic heterocycles. The van der Waals surface area contributed by atoms with Crippen LogP contribution >= 0.6 is 0 Å². The summed E-state index contributed by atoms with van der Waals surface area (Å²) < 4.78 is 4.78. The first-order valence-corrected chi connectivity index (χ1v) is 5.82. The average molecular weight is 244 g/mol. The highest BCUT2D eigenvalue weighted by Gasteiger charge is 2.30. The van der Waals surface area contributed by atoms with E-state index in [2.05, 4.69) is 10.6 Å². The molecular weight excluding hydrogens is 220 g/mol. The fourth-order valence-corrected chi connectivity index (χ4v) is 1.08. The lowest BCUT2D eigenvalue weighted by Gasteiger charge is -2.30. The van der Waals surface area contributed by atoms with Gasteiger partial charge in [-0.25, -0.2) is 0 Å². The summed E-state index contributed by atoms with van der Waals surface area (Å²) in [6, 6.07) is 0. The van der Waals surface area contributed by atoms with Crippen molar-refractivity contribution < 1.29 is 14.3 Å². The molecule has 0 atom stereocenters. The van der Waals surface area contributed by atoms with Gasteiger partial charge in [-0.15, -0.1) is 0 Å². The van der Waals surface area contributed by atoms with Gasteiger partial charge in [-0.2, -0.15) is 0 Å². The van der Waals surface area contributed by atoms with Crippen LogP contribution in [0.25, 0.3) is 0 Å². The summed E-state index contributed by atoms with van der Waals surface area (Å²) >= 11 is 0. The Balaban J connectivity index is 4.28. The molecule has 0 saturated heterocycles. The Bertz CT molecular complexity index is 280. The highest BCUT2D eigenvalue weighted by Crippen LogP contribution is 2.06. The third-order valence-corrected chi connectivity index (χ3v) is 2.04. The van der Waals surface area contributed by atoms with E-state index in [1.165, 1.54) is 0 Å². The monoisotopic (exact) mass is 244 g/mol. The summed E-state index contributed by atoms with van der Waals surface area (Å²) in [5, 5.41) is 5.74. The third-order valence-electron chi connectivity index (χ3n) is 2.04. The van der Waals surface area contributed by atoms with Crippen LogP contribution < -0.4 is 10.6 Å². The molecular formula is C12H24N2O3. The first kappa shape index (κ1) is 15.9. The Kier molecular flexibility index (Phi) is 5.61. The van der Waals surface area contributed by atoms with Crippen LogP contribution in [-0.2, 0) is 14.3 Å². The molecule has 0 heterocycles. The van der Waals surface area contributed by atoms with E-state index in [1.807, 2.05) is 20.8 Å². The van der Waals surface area contributed by atoms with Crippen LogP contribution in [0.15, 0.2) is 0 Å². The third kappa shape index (κ3) is 6.94. The number of carbonyl (C=O) groups excluding carboxylic acids is 2. The molecule has 0 spiro atoms. The van der Waals surface area contributed by atoms with Crippen molar-refractivity contribution in [2.24, 2.45) is 0 Å². The van der Waals surface area contributed by atoms with Gasteiger partial charge in [0.1, 0.15) is 0 Å². The molecule has 0 saturated carbocycles. The van der Waals surface area contributed by atoms with Crippen LogP contribution in [0.1, 0.15) is 41.5 Å². The molecule has 0 aromatic heterocycles. The summed E-state index contributed by atoms with van der Waals surface area (Å²) in [7, 11) is 0. The minimum absolute atomic E-state index is 0.0262. The number of carbonyl (C=O) groups is 2. The van der Waals surface area contributed by atoms with Gasteiger partial charge in [-0.3, -0.25) is 14.9 Å². The predicted octanol–water partition coefficient (Wildman–Crippen LogP) is 0.832. The van der Waals surface area contributed by atoms with Crippen LogP contribution in [0.3, 0.4) is 0 Å². The molecule has 0 aromatic rings. The molecule has 2 N–H and O–H groups in total. The Morgan fingerprint density at radius 1 is 1.12 bits per heavy atom. The highest BCUT2D eigenvalue weighted by atomic mass is 16.5. The lowest BCUT2D eigenvalue weighted by atomic mass is 10.0. The largest absolute Gasteiger partial charge is 0.465 e. The van der Waals surface area contributed by atoms with Crippen LogP contribution in [0.2, 0.25) is 0 Å². The second-order valence-corrected chi connectivity index (χ2v) is 5.49. The van der Waals surface area contributed by atoms with Crippen molar-refractivity contribution in [3.8, 4) is 0 Å². The van der Waals surface area contributed by atoms with Crippen LogP contribution in [0.4, 0.5) is 0 Å². The van der Waals surface area contributed by atoms with E-state index >= 15 is 0 Å². The molecule has 17 heavy (non-hydrogen) atoms. The van der Waals surface area contributed by atoms with E-state index in [1.54, 1.807) is 20.8 Å². The maximum Gasteiger partial charge on any atom is 0.319 e. The van der Waals surface area contributed by atoms with Crippen LogP contribution in [0, 0.1) is 0 Å². The van der Waals surface area contributed by atoms with Crippen molar-refractivity contribution in [3.05, 3.63) is 0 Å². The second kappa shape index (κ2) is 6.00. The molecule has 0 aromatic carbocycles. The quantitative estimate of drug-likeness (QED) is 0.703. The fraction of sp³-hybridized carbons (Fsp3) is 0.833. The van der Waals surface area contributed by atoms with Crippen molar-refractivity contribution in [2.75, 3.05) is 13.2 Å². The molecule has 0 unspecified atom stereocenters. The summed E-state index contributed by atoms with van der Waals surface area (Å²) in [6.45, 7) is 11.3. The molecule has 5 heteroatoms. The molecule has 1 amide bonds. The van der Waals surface area contributed by atoms with E-state index in [-0.39, 0.29) is 24.0 Å². The zero-order valence-electron chi connectivity index (χ0n) is 11.6. The summed E-state index contributed by atoms with van der Waals surface area (Å²) in [5.74, 6) is -0.501. The zero-order chi connectivity index (χ0) is 13.7. The van der Waals surface area contributed by atoms with Crippen molar-refractivity contribution in [1.29, 1.82) is 0 Å². The summed E-state index contributed by atoms with van der Waals surface area (Å²) in [6.07, 6.45) is 0. The number of amides is 1.